The summed E-state index contributed by atoms with van der Waals surface area (Å²) in [6.45, 7) is 12.1. The third-order valence-electron chi connectivity index (χ3n) is 5.46. The molecule has 0 aliphatic carbocycles. The van der Waals surface area contributed by atoms with Crippen LogP contribution < -0.4 is 5.73 Å². The monoisotopic (exact) mass is 447 g/mol. The maximum Gasteiger partial charge on any atom is 0.320 e. The van der Waals surface area contributed by atoms with Crippen molar-refractivity contribution in [2.24, 2.45) is 11.1 Å². The van der Waals surface area contributed by atoms with Crippen LogP contribution in [0.1, 0.15) is 50.5 Å². The maximum atomic E-state index is 12.6. The van der Waals surface area contributed by atoms with Gasteiger partial charge in [0.2, 0.25) is 0 Å². The number of nitrogens with two attached hydrogens (primary N) is 1. The molecule has 0 aromatic heterocycles. The summed E-state index contributed by atoms with van der Waals surface area (Å²) >= 11 is 0. The molecule has 0 atom stereocenters. The lowest BCUT2D eigenvalue weighted by Crippen LogP contribution is -2.52. The van der Waals surface area contributed by atoms with Crippen LogP contribution in [0.4, 0.5) is 0 Å². The lowest BCUT2D eigenvalue weighted by molar-refractivity contribution is -0.145. The zero-order valence-corrected chi connectivity index (χ0v) is 20.0. The van der Waals surface area contributed by atoms with Gasteiger partial charge in [-0.05, 0) is 19.4 Å². The van der Waals surface area contributed by atoms with Gasteiger partial charge in [0.25, 0.3) is 0 Å². The number of esters is 2. The largest absolute Gasteiger partial charge is 0.465 e. The van der Waals surface area contributed by atoms with Gasteiger partial charge in [-0.3, -0.25) is 24.2 Å². The first-order valence-electron chi connectivity index (χ1n) is 11.2. The summed E-state index contributed by atoms with van der Waals surface area (Å²) < 4.78 is 10.2. The summed E-state index contributed by atoms with van der Waals surface area (Å²) in [6, 6.07) is 7.34. The molecule has 1 aromatic rings. The van der Waals surface area contributed by atoms with Crippen molar-refractivity contribution in [2.75, 3.05) is 52.5 Å². The first-order valence-corrected chi connectivity index (χ1v) is 11.2. The highest BCUT2D eigenvalue weighted by Crippen LogP contribution is 2.26. The zero-order chi connectivity index (χ0) is 23.9. The molecule has 0 amide bonds. The average molecular weight is 448 g/mol. The average Bonchev–Trinajstić information content (AvgIpc) is 2.86. The normalized spacial score (nSPS) is 17.4. The van der Waals surface area contributed by atoms with E-state index in [1.807, 2.05) is 42.7 Å². The van der Waals surface area contributed by atoms with Gasteiger partial charge < -0.3 is 15.2 Å². The van der Waals surface area contributed by atoms with E-state index in [4.69, 9.17) is 15.2 Å². The number of rotatable bonds is 8. The Labute approximate surface area is 191 Å². The van der Waals surface area contributed by atoms with Crippen LogP contribution in [0.5, 0.6) is 0 Å². The summed E-state index contributed by atoms with van der Waals surface area (Å²) in [5.41, 5.74) is 7.05. The number of hydrogen-bond acceptors (Lipinski definition) is 8. The number of carbonyl (C=O) groups excluding carboxylic acids is 3. The van der Waals surface area contributed by atoms with Crippen LogP contribution in [0.2, 0.25) is 0 Å². The Bertz CT molecular complexity index is 771. The topological polar surface area (TPSA) is 102 Å². The second-order valence-electron chi connectivity index (χ2n) is 9.34. The fourth-order valence-electron chi connectivity index (χ4n) is 3.91. The Kier molecular flexibility index (Phi) is 8.95. The number of Topliss-reactive ketones (excluding diaryl/α,β-unsaturated/α-hetero) is 1. The maximum absolute atomic E-state index is 12.6. The van der Waals surface area contributed by atoms with E-state index in [-0.39, 0.29) is 30.8 Å². The Morgan fingerprint density at radius 3 is 1.72 bits per heavy atom. The van der Waals surface area contributed by atoms with Gasteiger partial charge in [-0.15, -0.1) is 0 Å². The van der Waals surface area contributed by atoms with Gasteiger partial charge in [-0.1, -0.05) is 45.0 Å². The molecule has 8 heteroatoms. The van der Waals surface area contributed by atoms with Gasteiger partial charge in [0.1, 0.15) is 0 Å². The molecule has 178 valence electrons. The molecule has 1 aliphatic heterocycles. The van der Waals surface area contributed by atoms with Crippen LogP contribution >= 0.6 is 0 Å². The molecule has 0 unspecified atom stereocenters. The van der Waals surface area contributed by atoms with Gasteiger partial charge >= 0.3 is 11.9 Å². The molecule has 1 aliphatic rings. The minimum atomic E-state index is -0.848. The fourth-order valence-corrected chi connectivity index (χ4v) is 3.91. The molecule has 0 radical (unpaired) electrons. The molecule has 32 heavy (non-hydrogen) atoms. The lowest BCUT2D eigenvalue weighted by atomic mass is 9.84. The van der Waals surface area contributed by atoms with Crippen LogP contribution in [0, 0.1) is 5.41 Å². The van der Waals surface area contributed by atoms with Crippen molar-refractivity contribution in [2.45, 2.75) is 40.2 Å². The Hall–Kier alpha value is -2.29. The van der Waals surface area contributed by atoms with Crippen molar-refractivity contribution in [1.82, 2.24) is 9.80 Å². The third-order valence-corrected chi connectivity index (χ3v) is 5.46. The van der Waals surface area contributed by atoms with Crippen LogP contribution in [-0.4, -0.2) is 80.0 Å². The number of ketones is 1. The molecular weight excluding hydrogens is 410 g/mol. The van der Waals surface area contributed by atoms with Crippen molar-refractivity contribution in [3.05, 3.63) is 35.4 Å². The van der Waals surface area contributed by atoms with Gasteiger partial charge in [0.15, 0.2) is 5.78 Å². The SMILES string of the molecule is CCOC(=O)CN1CCN(CC(=O)OCC)CC(N)(c2ccc(C(=O)C(C)(C)C)cc2)C1. The highest BCUT2D eigenvalue weighted by atomic mass is 16.5. The Morgan fingerprint density at radius 2 is 1.34 bits per heavy atom. The minimum absolute atomic E-state index is 0.0591. The van der Waals surface area contributed by atoms with Crippen molar-refractivity contribution >= 4 is 17.7 Å². The van der Waals surface area contributed by atoms with E-state index in [0.717, 1.165) is 5.56 Å². The first-order chi connectivity index (χ1) is 15.0. The number of ether oxygens (including phenoxy) is 2. The molecule has 2 rings (SSSR count). The van der Waals surface area contributed by atoms with E-state index >= 15 is 0 Å². The van der Waals surface area contributed by atoms with Gasteiger partial charge in [0.05, 0.1) is 31.8 Å². The summed E-state index contributed by atoms with van der Waals surface area (Å²) in [6.07, 6.45) is 0. The minimum Gasteiger partial charge on any atom is -0.465 e. The molecule has 2 N–H and O–H groups in total. The van der Waals surface area contributed by atoms with Crippen LogP contribution in [0.25, 0.3) is 0 Å². The smallest absolute Gasteiger partial charge is 0.320 e. The fraction of sp³-hybridized carbons (Fsp3) is 0.625. The molecule has 0 saturated carbocycles. The van der Waals surface area contributed by atoms with Crippen molar-refractivity contribution in [3.8, 4) is 0 Å². The molecule has 1 heterocycles. The number of carbonyl (C=O) groups is 3. The van der Waals surface area contributed by atoms with Crippen molar-refractivity contribution < 1.29 is 23.9 Å². The highest BCUT2D eigenvalue weighted by Gasteiger charge is 2.36. The molecule has 1 saturated heterocycles. The quantitative estimate of drug-likeness (QED) is 0.476. The summed E-state index contributed by atoms with van der Waals surface area (Å²) in [4.78, 5) is 40.7. The number of hydrogen-bond donors (Lipinski definition) is 1. The molecule has 8 nitrogen and oxygen atoms in total. The summed E-state index contributed by atoms with van der Waals surface area (Å²) in [7, 11) is 0. The van der Waals surface area contributed by atoms with E-state index in [1.165, 1.54) is 0 Å². The van der Waals surface area contributed by atoms with Crippen molar-refractivity contribution in [1.29, 1.82) is 0 Å². The van der Waals surface area contributed by atoms with E-state index in [9.17, 15) is 14.4 Å². The predicted molar refractivity (Wildman–Crippen MR) is 122 cm³/mol. The zero-order valence-electron chi connectivity index (χ0n) is 20.0. The van der Waals surface area contributed by atoms with Crippen LogP contribution in [-0.2, 0) is 24.6 Å². The van der Waals surface area contributed by atoms with Gasteiger partial charge in [0, 0.05) is 37.2 Å². The van der Waals surface area contributed by atoms with Crippen LogP contribution in [0.15, 0.2) is 24.3 Å². The first kappa shape index (κ1) is 26.0. The van der Waals surface area contributed by atoms with E-state index in [2.05, 4.69) is 0 Å². The molecule has 1 aromatic carbocycles. The summed E-state index contributed by atoms with van der Waals surface area (Å²) in [5.74, 6) is -0.552. The lowest BCUT2D eigenvalue weighted by Gasteiger charge is -2.34. The van der Waals surface area contributed by atoms with Gasteiger partial charge in [-0.25, -0.2) is 0 Å². The molecular formula is C24H37N3O5. The molecule has 0 spiro atoms. The highest BCUT2D eigenvalue weighted by molar-refractivity contribution is 5.99. The van der Waals surface area contributed by atoms with E-state index in [1.54, 1.807) is 26.0 Å². The summed E-state index contributed by atoms with van der Waals surface area (Å²) in [5, 5.41) is 0. The second kappa shape index (κ2) is 11.0. The molecule has 0 bridgehead atoms. The third kappa shape index (κ3) is 7.12. The van der Waals surface area contributed by atoms with E-state index in [0.29, 0.717) is 45.0 Å². The van der Waals surface area contributed by atoms with Gasteiger partial charge in [-0.2, -0.15) is 0 Å². The van der Waals surface area contributed by atoms with Crippen LogP contribution in [0.3, 0.4) is 0 Å². The second-order valence-corrected chi connectivity index (χ2v) is 9.34. The van der Waals surface area contributed by atoms with E-state index < -0.39 is 11.0 Å². The Morgan fingerprint density at radius 1 is 0.906 bits per heavy atom. The number of nitrogens with zero attached hydrogens (tertiary/aromatic N) is 2. The standard InChI is InChI=1S/C24H37N3O5/c1-6-31-20(28)14-26-12-13-27(15-21(29)32-7-2)17-24(25,16-26)19-10-8-18(9-11-19)22(30)23(3,4)5/h8-11H,6-7,12-17,25H2,1-5H3. The Balaban J connectivity index is 2.29. The molecule has 1 fully saturated rings. The predicted octanol–water partition coefficient (Wildman–Crippen LogP) is 1.81. The van der Waals surface area contributed by atoms with Crippen molar-refractivity contribution in [3.63, 3.8) is 0 Å². The number of benzene rings is 1.